The van der Waals surface area contributed by atoms with Crippen molar-refractivity contribution in [3.05, 3.63) is 11.6 Å². The Labute approximate surface area is 175 Å². The molecule has 2 amide bonds. The van der Waals surface area contributed by atoms with Crippen molar-refractivity contribution in [1.82, 2.24) is 15.1 Å². The number of aliphatic carboxylic acids is 1. The smallest absolute Gasteiger partial charge is 0.331 e. The minimum Gasteiger partial charge on any atom is -0.478 e. The molecule has 0 aromatic rings. The Bertz CT molecular complexity index is 636. The van der Waals surface area contributed by atoms with E-state index in [9.17, 15) is 19.5 Å². The average molecular weight is 410 g/mol. The van der Waals surface area contributed by atoms with Crippen molar-refractivity contribution < 1.29 is 19.5 Å². The number of carboxylic acid groups (broad SMARTS) is 1. The minimum absolute atomic E-state index is 0.0269. The monoisotopic (exact) mass is 409 g/mol. The van der Waals surface area contributed by atoms with Crippen LogP contribution in [0.3, 0.4) is 0 Å². The number of nitrogens with one attached hydrogen (secondary N) is 1. The van der Waals surface area contributed by atoms with Gasteiger partial charge in [0.05, 0.1) is 12.1 Å². The van der Waals surface area contributed by atoms with E-state index >= 15 is 0 Å². The van der Waals surface area contributed by atoms with Crippen molar-refractivity contribution >= 4 is 17.8 Å². The van der Waals surface area contributed by atoms with Gasteiger partial charge in [0, 0.05) is 12.6 Å². The van der Waals surface area contributed by atoms with Crippen LogP contribution in [0.25, 0.3) is 0 Å². The summed E-state index contributed by atoms with van der Waals surface area (Å²) in [6.45, 7) is 12.1. The molecular weight excluding hydrogens is 370 g/mol. The molecule has 3 atom stereocenters. The minimum atomic E-state index is -1.00. The van der Waals surface area contributed by atoms with E-state index in [1.165, 1.54) is 6.92 Å². The maximum atomic E-state index is 13.4. The molecular formula is C22H39N3O4. The SMILES string of the molecule is CC(=C[C@H](C(C)C)N(C)C(=O)[C@H](NC(=O)[C@H]1CCCCN1C)C(C)(C)C)C(=O)O. The molecule has 1 aliphatic heterocycles. The first-order chi connectivity index (χ1) is 13.3. The van der Waals surface area contributed by atoms with Gasteiger partial charge in [0.25, 0.3) is 0 Å². The van der Waals surface area contributed by atoms with Crippen LogP contribution in [0.1, 0.15) is 60.8 Å². The Morgan fingerprint density at radius 2 is 1.79 bits per heavy atom. The Morgan fingerprint density at radius 1 is 1.21 bits per heavy atom. The number of hydrogen-bond donors (Lipinski definition) is 2. The second-order valence-corrected chi connectivity index (χ2v) is 9.64. The number of hydrogen-bond acceptors (Lipinski definition) is 4. The molecule has 1 aliphatic rings. The molecule has 1 heterocycles. The van der Waals surface area contributed by atoms with E-state index in [1.54, 1.807) is 18.0 Å². The number of carbonyl (C=O) groups excluding carboxylic acids is 2. The van der Waals surface area contributed by atoms with Crippen molar-refractivity contribution in [2.24, 2.45) is 11.3 Å². The zero-order valence-electron chi connectivity index (χ0n) is 19.3. The maximum absolute atomic E-state index is 13.4. The standard InChI is InChI=1S/C22H39N3O4/c1-14(2)17(13-15(3)21(28)29)25(8)20(27)18(22(4,5)6)23-19(26)16-11-9-10-12-24(16)7/h13-14,16-18H,9-12H2,1-8H3,(H,23,26)(H,28,29)/t16-,17-,18+/m1/s1. The maximum Gasteiger partial charge on any atom is 0.331 e. The van der Waals surface area contributed by atoms with Crippen molar-refractivity contribution in [3.63, 3.8) is 0 Å². The van der Waals surface area contributed by atoms with Crippen molar-refractivity contribution in [2.75, 3.05) is 20.6 Å². The number of piperidine rings is 1. The predicted octanol–water partition coefficient (Wildman–Crippen LogP) is 2.52. The average Bonchev–Trinajstić information content (AvgIpc) is 2.61. The van der Waals surface area contributed by atoms with E-state index in [1.807, 2.05) is 46.6 Å². The summed E-state index contributed by atoms with van der Waals surface area (Å²) in [4.78, 5) is 41.2. The molecule has 0 saturated carbocycles. The van der Waals surface area contributed by atoms with Crippen molar-refractivity contribution in [1.29, 1.82) is 0 Å². The largest absolute Gasteiger partial charge is 0.478 e. The van der Waals surface area contributed by atoms with Gasteiger partial charge in [0.2, 0.25) is 11.8 Å². The van der Waals surface area contributed by atoms with Gasteiger partial charge in [-0.3, -0.25) is 14.5 Å². The fraction of sp³-hybridized carbons (Fsp3) is 0.773. The zero-order chi connectivity index (χ0) is 22.5. The quantitative estimate of drug-likeness (QED) is 0.631. The molecule has 7 nitrogen and oxygen atoms in total. The number of nitrogens with zero attached hydrogens (tertiary/aromatic N) is 2. The normalized spacial score (nSPS) is 20.9. The fourth-order valence-electron chi connectivity index (χ4n) is 3.72. The molecule has 0 unspecified atom stereocenters. The third-order valence-electron chi connectivity index (χ3n) is 5.71. The van der Waals surface area contributed by atoms with Crippen LogP contribution in [-0.2, 0) is 14.4 Å². The molecule has 1 fully saturated rings. The van der Waals surface area contributed by atoms with E-state index in [0.29, 0.717) is 0 Å². The lowest BCUT2D eigenvalue weighted by atomic mass is 9.84. The van der Waals surface area contributed by atoms with E-state index < -0.39 is 17.4 Å². The highest BCUT2D eigenvalue weighted by atomic mass is 16.4. The van der Waals surface area contributed by atoms with Gasteiger partial charge >= 0.3 is 5.97 Å². The Hall–Kier alpha value is -1.89. The summed E-state index contributed by atoms with van der Waals surface area (Å²) in [6, 6.07) is -1.30. The second-order valence-electron chi connectivity index (χ2n) is 9.64. The van der Waals surface area contributed by atoms with Gasteiger partial charge in [-0.25, -0.2) is 4.79 Å². The van der Waals surface area contributed by atoms with Crippen molar-refractivity contribution in [3.8, 4) is 0 Å². The number of carboxylic acids is 1. The highest BCUT2D eigenvalue weighted by molar-refractivity contribution is 5.91. The first kappa shape index (κ1) is 25.1. The molecule has 1 rings (SSSR count). The van der Waals surface area contributed by atoms with Gasteiger partial charge < -0.3 is 15.3 Å². The summed E-state index contributed by atoms with van der Waals surface area (Å²) in [7, 11) is 3.62. The summed E-state index contributed by atoms with van der Waals surface area (Å²) in [6.07, 6.45) is 4.49. The van der Waals surface area contributed by atoms with Crippen LogP contribution in [0.2, 0.25) is 0 Å². The number of rotatable bonds is 7. The molecule has 0 aliphatic carbocycles. The Morgan fingerprint density at radius 3 is 2.24 bits per heavy atom. The van der Waals surface area contributed by atoms with Crippen molar-refractivity contribution in [2.45, 2.75) is 78.9 Å². The summed E-state index contributed by atoms with van der Waals surface area (Å²) in [5.74, 6) is -1.30. The first-order valence-corrected chi connectivity index (χ1v) is 10.5. The van der Waals surface area contributed by atoms with Crippen LogP contribution in [-0.4, -0.2) is 71.5 Å². The highest BCUT2D eigenvalue weighted by Gasteiger charge is 2.39. The van der Waals surface area contributed by atoms with Crippen LogP contribution in [0.4, 0.5) is 0 Å². The van der Waals surface area contributed by atoms with Crippen LogP contribution >= 0.6 is 0 Å². The number of likely N-dealkylation sites (tertiary alicyclic amines) is 1. The molecule has 29 heavy (non-hydrogen) atoms. The third-order valence-corrected chi connectivity index (χ3v) is 5.71. The molecule has 7 heteroatoms. The summed E-state index contributed by atoms with van der Waals surface area (Å²) < 4.78 is 0. The molecule has 0 aromatic carbocycles. The van der Waals surface area contributed by atoms with Gasteiger partial charge in [0.15, 0.2) is 0 Å². The van der Waals surface area contributed by atoms with Crippen LogP contribution in [0.5, 0.6) is 0 Å². The third kappa shape index (κ3) is 6.84. The lowest BCUT2D eigenvalue weighted by Gasteiger charge is -2.39. The number of amides is 2. The molecule has 2 N–H and O–H groups in total. The Balaban J connectivity index is 3.10. The zero-order valence-corrected chi connectivity index (χ0v) is 19.3. The van der Waals surface area contributed by atoms with Crippen LogP contribution < -0.4 is 5.32 Å². The van der Waals surface area contributed by atoms with E-state index in [0.717, 1.165) is 25.8 Å². The van der Waals surface area contributed by atoms with Gasteiger partial charge in [-0.05, 0) is 44.7 Å². The second kappa shape index (κ2) is 10.2. The van der Waals surface area contributed by atoms with E-state index in [-0.39, 0.29) is 35.4 Å². The lowest BCUT2D eigenvalue weighted by Crippen LogP contribution is -2.59. The lowest BCUT2D eigenvalue weighted by molar-refractivity contribution is -0.141. The molecule has 0 bridgehead atoms. The Kier molecular flexibility index (Phi) is 8.87. The van der Waals surface area contributed by atoms with E-state index in [2.05, 4.69) is 5.32 Å². The van der Waals surface area contributed by atoms with Gasteiger partial charge in [0.1, 0.15) is 6.04 Å². The highest BCUT2D eigenvalue weighted by Crippen LogP contribution is 2.25. The molecule has 0 spiro atoms. The van der Waals surface area contributed by atoms with Gasteiger partial charge in [-0.2, -0.15) is 0 Å². The number of likely N-dealkylation sites (N-methyl/N-ethyl adjacent to an activating group) is 2. The topological polar surface area (TPSA) is 90.0 Å². The van der Waals surface area contributed by atoms with Gasteiger partial charge in [-0.1, -0.05) is 47.1 Å². The number of carbonyl (C=O) groups is 3. The van der Waals surface area contributed by atoms with Crippen LogP contribution in [0.15, 0.2) is 11.6 Å². The van der Waals surface area contributed by atoms with Crippen LogP contribution in [0, 0.1) is 11.3 Å². The molecule has 1 saturated heterocycles. The predicted molar refractivity (Wildman–Crippen MR) is 114 cm³/mol. The fourth-order valence-corrected chi connectivity index (χ4v) is 3.72. The van der Waals surface area contributed by atoms with E-state index in [4.69, 9.17) is 0 Å². The molecule has 166 valence electrons. The summed E-state index contributed by atoms with van der Waals surface area (Å²) in [5.41, 5.74) is -0.287. The summed E-state index contributed by atoms with van der Waals surface area (Å²) in [5, 5.41) is 12.2. The summed E-state index contributed by atoms with van der Waals surface area (Å²) >= 11 is 0. The first-order valence-electron chi connectivity index (χ1n) is 10.5. The molecule has 0 radical (unpaired) electrons. The molecule has 0 aromatic heterocycles. The van der Waals surface area contributed by atoms with Gasteiger partial charge in [-0.15, -0.1) is 0 Å².